The fourth-order valence-corrected chi connectivity index (χ4v) is 6.77. The van der Waals surface area contributed by atoms with Crippen molar-refractivity contribution in [2.75, 3.05) is 6.61 Å². The topological polar surface area (TPSA) is 65.6 Å². The zero-order valence-electron chi connectivity index (χ0n) is 23.7. The highest BCUT2D eigenvalue weighted by molar-refractivity contribution is 7.07. The molecule has 0 radical (unpaired) electrons. The van der Waals surface area contributed by atoms with Crippen molar-refractivity contribution in [3.05, 3.63) is 148 Å². The maximum absolute atomic E-state index is 14.2. The van der Waals surface area contributed by atoms with E-state index in [1.165, 1.54) is 11.3 Å². The van der Waals surface area contributed by atoms with Crippen LogP contribution in [0.15, 0.2) is 100 Å². The minimum atomic E-state index is -0.711. The number of fused-ring (bicyclic) bond motifs is 1. The van der Waals surface area contributed by atoms with Gasteiger partial charge in [-0.3, -0.25) is 9.36 Å². The van der Waals surface area contributed by atoms with Crippen LogP contribution in [0.4, 0.5) is 0 Å². The second-order valence-electron chi connectivity index (χ2n) is 10.1. The molecular formula is C34H27Cl2N3O3S. The van der Waals surface area contributed by atoms with Crippen molar-refractivity contribution in [1.82, 2.24) is 9.13 Å². The summed E-state index contributed by atoms with van der Waals surface area (Å²) >= 11 is 13.8. The molecule has 3 heterocycles. The van der Waals surface area contributed by atoms with Crippen LogP contribution in [0, 0.1) is 13.8 Å². The smallest absolute Gasteiger partial charge is 0.338 e. The first-order valence-corrected chi connectivity index (χ1v) is 15.3. The highest BCUT2D eigenvalue weighted by Gasteiger charge is 2.35. The summed E-state index contributed by atoms with van der Waals surface area (Å²) in [4.78, 5) is 33.2. The maximum Gasteiger partial charge on any atom is 0.338 e. The first-order valence-electron chi connectivity index (χ1n) is 13.8. The van der Waals surface area contributed by atoms with Gasteiger partial charge in [0.2, 0.25) is 0 Å². The maximum atomic E-state index is 14.2. The number of ether oxygens (including phenoxy) is 1. The molecule has 43 heavy (non-hydrogen) atoms. The van der Waals surface area contributed by atoms with Gasteiger partial charge in [-0.25, -0.2) is 9.79 Å². The summed E-state index contributed by atoms with van der Waals surface area (Å²) in [6.07, 6.45) is 1.89. The number of aromatic nitrogens is 2. The Morgan fingerprint density at radius 3 is 2.35 bits per heavy atom. The fourth-order valence-electron chi connectivity index (χ4n) is 5.49. The Bertz CT molecular complexity index is 2080. The Hall–Kier alpha value is -4.17. The summed E-state index contributed by atoms with van der Waals surface area (Å²) in [7, 11) is 0. The van der Waals surface area contributed by atoms with E-state index in [-0.39, 0.29) is 12.2 Å². The minimum Gasteiger partial charge on any atom is -0.463 e. The van der Waals surface area contributed by atoms with Crippen LogP contribution in [0.5, 0.6) is 0 Å². The molecule has 0 amide bonds. The predicted octanol–water partition coefficient (Wildman–Crippen LogP) is 6.65. The van der Waals surface area contributed by atoms with Gasteiger partial charge in [-0.05, 0) is 62.2 Å². The SMILES string of the molecule is CCOC(=O)C1=C(c2ccccc2)N=c2s/c(=C\c3cc(C)n(-c4ccc(Cl)c(Cl)c4)c3C)c(=O)n2[C@@H]1c1ccccc1. The molecule has 2 aromatic heterocycles. The first kappa shape index (κ1) is 28.9. The number of benzene rings is 3. The Labute approximate surface area is 262 Å². The molecule has 0 spiro atoms. The van der Waals surface area contributed by atoms with Crippen LogP contribution < -0.4 is 14.9 Å². The van der Waals surface area contributed by atoms with E-state index in [2.05, 4.69) is 4.57 Å². The van der Waals surface area contributed by atoms with Crippen LogP contribution in [0.25, 0.3) is 17.5 Å². The Morgan fingerprint density at radius 2 is 1.67 bits per heavy atom. The number of esters is 1. The van der Waals surface area contributed by atoms with Crippen molar-refractivity contribution >= 4 is 52.3 Å². The molecule has 0 unspecified atom stereocenters. The molecule has 0 fully saturated rings. The molecule has 1 aliphatic heterocycles. The van der Waals surface area contributed by atoms with Gasteiger partial charge in [0.05, 0.1) is 38.5 Å². The monoisotopic (exact) mass is 627 g/mol. The third-order valence-corrected chi connectivity index (χ3v) is 9.13. The lowest BCUT2D eigenvalue weighted by Gasteiger charge is -2.25. The molecule has 6 nitrogen and oxygen atoms in total. The van der Waals surface area contributed by atoms with Gasteiger partial charge in [-0.15, -0.1) is 0 Å². The molecule has 3 aromatic carbocycles. The van der Waals surface area contributed by atoms with E-state index in [9.17, 15) is 9.59 Å². The molecule has 0 aliphatic carbocycles. The molecule has 5 aromatic rings. The number of rotatable bonds is 6. The number of hydrogen-bond acceptors (Lipinski definition) is 5. The number of aryl methyl sites for hydroxylation is 1. The molecule has 0 saturated heterocycles. The first-order chi connectivity index (χ1) is 20.8. The van der Waals surface area contributed by atoms with Crippen molar-refractivity contribution in [2.24, 2.45) is 4.99 Å². The average molecular weight is 629 g/mol. The van der Waals surface area contributed by atoms with Crippen LogP contribution in [0.1, 0.15) is 41.0 Å². The van der Waals surface area contributed by atoms with Gasteiger partial charge in [-0.2, -0.15) is 0 Å². The summed E-state index contributed by atoms with van der Waals surface area (Å²) < 4.78 is 9.73. The van der Waals surface area contributed by atoms with E-state index in [1.807, 2.05) is 98.8 Å². The molecule has 0 bridgehead atoms. The molecule has 0 saturated carbocycles. The third kappa shape index (κ3) is 5.29. The van der Waals surface area contributed by atoms with Gasteiger partial charge in [0.1, 0.15) is 0 Å². The van der Waals surface area contributed by atoms with Crippen molar-refractivity contribution < 1.29 is 9.53 Å². The van der Waals surface area contributed by atoms with Gasteiger partial charge >= 0.3 is 5.97 Å². The molecule has 0 N–H and O–H groups in total. The predicted molar refractivity (Wildman–Crippen MR) is 173 cm³/mol. The van der Waals surface area contributed by atoms with Crippen LogP contribution in [0.2, 0.25) is 10.0 Å². The number of halogens is 2. The van der Waals surface area contributed by atoms with E-state index in [1.54, 1.807) is 17.6 Å². The van der Waals surface area contributed by atoms with Crippen molar-refractivity contribution in [2.45, 2.75) is 26.8 Å². The van der Waals surface area contributed by atoms with Crippen molar-refractivity contribution in [3.8, 4) is 5.69 Å². The zero-order chi connectivity index (χ0) is 30.2. The summed E-state index contributed by atoms with van der Waals surface area (Å²) in [5.74, 6) is -0.501. The molecule has 216 valence electrons. The van der Waals surface area contributed by atoms with Crippen LogP contribution in [-0.4, -0.2) is 21.7 Å². The quantitative estimate of drug-likeness (QED) is 0.198. The highest BCUT2D eigenvalue weighted by Crippen LogP contribution is 2.35. The van der Waals surface area contributed by atoms with E-state index < -0.39 is 12.0 Å². The van der Waals surface area contributed by atoms with Crippen molar-refractivity contribution in [1.29, 1.82) is 0 Å². The Morgan fingerprint density at radius 1 is 0.977 bits per heavy atom. The largest absolute Gasteiger partial charge is 0.463 e. The zero-order valence-corrected chi connectivity index (χ0v) is 26.0. The van der Waals surface area contributed by atoms with Gasteiger partial charge in [0.25, 0.3) is 5.56 Å². The summed E-state index contributed by atoms with van der Waals surface area (Å²) in [5, 5.41) is 0.952. The molecule has 1 atom stereocenters. The molecule has 9 heteroatoms. The van der Waals surface area contributed by atoms with Crippen molar-refractivity contribution in [3.63, 3.8) is 0 Å². The summed E-state index contributed by atoms with van der Waals surface area (Å²) in [5.41, 5.74) is 5.85. The fraction of sp³-hybridized carbons (Fsp3) is 0.147. The number of thiazole rings is 1. The normalized spacial score (nSPS) is 14.9. The van der Waals surface area contributed by atoms with E-state index in [0.29, 0.717) is 30.6 Å². The number of nitrogens with zero attached hydrogens (tertiary/aromatic N) is 3. The van der Waals surface area contributed by atoms with E-state index in [4.69, 9.17) is 32.9 Å². The Kier molecular flexibility index (Phi) is 7.97. The second-order valence-corrected chi connectivity index (χ2v) is 11.9. The number of carbonyl (C=O) groups is 1. The lowest BCUT2D eigenvalue weighted by Crippen LogP contribution is -2.40. The van der Waals surface area contributed by atoms with Crippen LogP contribution in [-0.2, 0) is 9.53 Å². The third-order valence-electron chi connectivity index (χ3n) is 7.41. The Balaban J connectivity index is 1.59. The highest BCUT2D eigenvalue weighted by atomic mass is 35.5. The molecule has 1 aliphatic rings. The standard InChI is InChI=1S/C34H27Cl2N3O3S/c1-4-42-33(41)29-30(22-11-7-5-8-12-22)37-34-39(31(29)23-13-9-6-10-14-23)32(40)28(43-34)18-24-17-20(2)38(21(24)3)25-15-16-26(35)27(36)19-25/h5-19,31H,4H2,1-3H3/b28-18-/t31-/m1/s1. The van der Waals surface area contributed by atoms with Crippen LogP contribution in [0.3, 0.4) is 0 Å². The lowest BCUT2D eigenvalue weighted by molar-refractivity contribution is -0.138. The van der Waals surface area contributed by atoms with Crippen LogP contribution >= 0.6 is 34.5 Å². The van der Waals surface area contributed by atoms with E-state index >= 15 is 0 Å². The second kappa shape index (κ2) is 11.8. The molecular weight excluding hydrogens is 601 g/mol. The number of carbonyl (C=O) groups excluding carboxylic acids is 1. The minimum absolute atomic E-state index is 0.199. The summed E-state index contributed by atoms with van der Waals surface area (Å²) in [6, 6.07) is 25.9. The summed E-state index contributed by atoms with van der Waals surface area (Å²) in [6.45, 7) is 5.96. The number of hydrogen-bond donors (Lipinski definition) is 0. The van der Waals surface area contributed by atoms with Gasteiger partial charge in [0.15, 0.2) is 4.80 Å². The lowest BCUT2D eigenvalue weighted by atomic mass is 9.93. The van der Waals surface area contributed by atoms with E-state index in [0.717, 1.165) is 33.8 Å². The van der Waals surface area contributed by atoms with Gasteiger partial charge in [-0.1, -0.05) is 95.2 Å². The molecule has 6 rings (SSSR count). The van der Waals surface area contributed by atoms with Gasteiger partial charge in [0, 0.05) is 22.6 Å². The average Bonchev–Trinajstić information content (AvgIpc) is 3.48. The van der Waals surface area contributed by atoms with Gasteiger partial charge < -0.3 is 9.30 Å².